The number of aryl methyl sites for hydroxylation is 1. The predicted octanol–water partition coefficient (Wildman–Crippen LogP) is 4.93. The topological polar surface area (TPSA) is 20.3 Å². The van der Waals surface area contributed by atoms with E-state index in [1.165, 1.54) is 19.3 Å². The second-order valence-corrected chi connectivity index (χ2v) is 7.15. The lowest BCUT2D eigenvalue weighted by Gasteiger charge is -2.34. The number of halogens is 2. The summed E-state index contributed by atoms with van der Waals surface area (Å²) in [7, 11) is 0. The predicted molar refractivity (Wildman–Crippen MR) is 90.6 cm³/mol. The molecule has 4 heteroatoms. The molecule has 0 N–H and O–H groups in total. The van der Waals surface area contributed by atoms with Crippen LogP contribution < -0.4 is 0 Å². The van der Waals surface area contributed by atoms with Gasteiger partial charge in [-0.05, 0) is 43.5 Å². The van der Waals surface area contributed by atoms with Gasteiger partial charge >= 0.3 is 0 Å². The van der Waals surface area contributed by atoms with Crippen molar-refractivity contribution in [3.05, 3.63) is 33.8 Å². The van der Waals surface area contributed by atoms with Crippen molar-refractivity contribution in [1.29, 1.82) is 0 Å². The van der Waals surface area contributed by atoms with Gasteiger partial charge in [-0.2, -0.15) is 0 Å². The average molecular weight is 403 g/mol. The minimum atomic E-state index is 0.182. The Hall–Kier alpha value is -0.350. The number of hydrogen-bond donors (Lipinski definition) is 0. The van der Waals surface area contributed by atoms with Gasteiger partial charge in [-0.3, -0.25) is 4.79 Å². The van der Waals surface area contributed by atoms with Crippen molar-refractivity contribution < 1.29 is 4.79 Å². The van der Waals surface area contributed by atoms with Crippen LogP contribution in [0.4, 0.5) is 0 Å². The van der Waals surface area contributed by atoms with E-state index in [1.807, 2.05) is 25.1 Å². The first-order valence-corrected chi connectivity index (χ1v) is 9.18. The maximum absolute atomic E-state index is 12.9. The number of alkyl halides is 1. The Bertz CT molecular complexity index is 470. The zero-order valence-electron chi connectivity index (χ0n) is 11.9. The van der Waals surface area contributed by atoms with Crippen LogP contribution in [-0.4, -0.2) is 28.7 Å². The zero-order valence-corrected chi connectivity index (χ0v) is 15.0. The standard InChI is InChI=1S/C16H21Br2NO/c1-12-11-13(18)7-8-15(12)16(20)19(10-9-17)14-5-3-2-4-6-14/h7-8,11,14H,2-6,9-10H2,1H3. The van der Waals surface area contributed by atoms with E-state index in [-0.39, 0.29) is 5.91 Å². The number of carbonyl (C=O) groups is 1. The molecule has 1 amide bonds. The Balaban J connectivity index is 2.21. The quantitative estimate of drug-likeness (QED) is 0.654. The summed E-state index contributed by atoms with van der Waals surface area (Å²) in [5.41, 5.74) is 1.87. The monoisotopic (exact) mass is 401 g/mol. The molecule has 1 fully saturated rings. The molecule has 1 aromatic carbocycles. The Labute approximate surface area is 138 Å². The molecule has 0 radical (unpaired) electrons. The summed E-state index contributed by atoms with van der Waals surface area (Å²) >= 11 is 6.94. The van der Waals surface area contributed by atoms with Crippen LogP contribution in [0.1, 0.15) is 48.0 Å². The largest absolute Gasteiger partial charge is 0.335 e. The fraction of sp³-hybridized carbons (Fsp3) is 0.562. The van der Waals surface area contributed by atoms with Crippen molar-refractivity contribution in [2.45, 2.75) is 45.1 Å². The first kappa shape index (κ1) is 16.0. The molecule has 0 bridgehead atoms. The van der Waals surface area contributed by atoms with E-state index < -0.39 is 0 Å². The Kier molecular flexibility index (Phi) is 6.09. The molecule has 1 aliphatic carbocycles. The van der Waals surface area contributed by atoms with Crippen molar-refractivity contribution in [1.82, 2.24) is 4.90 Å². The normalized spacial score (nSPS) is 16.1. The maximum atomic E-state index is 12.9. The van der Waals surface area contributed by atoms with Crippen LogP contribution in [0.25, 0.3) is 0 Å². The van der Waals surface area contributed by atoms with E-state index in [0.717, 1.165) is 40.3 Å². The molecule has 1 aromatic rings. The molecule has 0 atom stereocenters. The molecule has 0 saturated heterocycles. The van der Waals surface area contributed by atoms with Gasteiger partial charge in [0.05, 0.1) is 0 Å². The first-order chi connectivity index (χ1) is 9.63. The van der Waals surface area contributed by atoms with E-state index in [0.29, 0.717) is 6.04 Å². The molecule has 2 nitrogen and oxygen atoms in total. The molecule has 0 heterocycles. The molecule has 0 aromatic heterocycles. The number of benzene rings is 1. The molecule has 0 aliphatic heterocycles. The lowest BCUT2D eigenvalue weighted by molar-refractivity contribution is 0.0650. The Morgan fingerprint density at radius 3 is 2.60 bits per heavy atom. The van der Waals surface area contributed by atoms with Crippen LogP contribution in [0.3, 0.4) is 0 Å². The number of nitrogens with zero attached hydrogens (tertiary/aromatic N) is 1. The lowest BCUT2D eigenvalue weighted by atomic mass is 9.93. The van der Waals surface area contributed by atoms with E-state index >= 15 is 0 Å². The molecule has 20 heavy (non-hydrogen) atoms. The van der Waals surface area contributed by atoms with Gasteiger partial charge in [0, 0.05) is 28.0 Å². The van der Waals surface area contributed by atoms with Crippen LogP contribution in [0, 0.1) is 6.92 Å². The third-order valence-electron chi connectivity index (χ3n) is 4.02. The summed E-state index contributed by atoms with van der Waals surface area (Å²) in [5.74, 6) is 0.182. The van der Waals surface area contributed by atoms with Crippen molar-refractivity contribution >= 4 is 37.8 Å². The van der Waals surface area contributed by atoms with Gasteiger partial charge in [0.15, 0.2) is 0 Å². The van der Waals surface area contributed by atoms with Gasteiger partial charge in [-0.25, -0.2) is 0 Å². The van der Waals surface area contributed by atoms with Crippen LogP contribution in [-0.2, 0) is 0 Å². The molecule has 0 unspecified atom stereocenters. The first-order valence-electron chi connectivity index (χ1n) is 7.26. The van der Waals surface area contributed by atoms with E-state index in [9.17, 15) is 4.79 Å². The maximum Gasteiger partial charge on any atom is 0.254 e. The minimum absolute atomic E-state index is 0.182. The highest BCUT2D eigenvalue weighted by molar-refractivity contribution is 9.10. The van der Waals surface area contributed by atoms with Crippen molar-refractivity contribution in [2.75, 3.05) is 11.9 Å². The molecular weight excluding hydrogens is 382 g/mol. The number of hydrogen-bond acceptors (Lipinski definition) is 1. The van der Waals surface area contributed by atoms with Gasteiger partial charge < -0.3 is 4.90 Å². The molecule has 1 aliphatic rings. The summed E-state index contributed by atoms with van der Waals surface area (Å²) in [6.45, 7) is 2.80. The minimum Gasteiger partial charge on any atom is -0.335 e. The molecule has 1 saturated carbocycles. The smallest absolute Gasteiger partial charge is 0.254 e. The molecular formula is C16H21Br2NO. The highest BCUT2D eigenvalue weighted by atomic mass is 79.9. The third kappa shape index (κ3) is 3.85. The van der Waals surface area contributed by atoms with Crippen LogP contribution in [0.2, 0.25) is 0 Å². The third-order valence-corrected chi connectivity index (χ3v) is 4.87. The van der Waals surface area contributed by atoms with Gasteiger partial charge in [0.2, 0.25) is 0 Å². The van der Waals surface area contributed by atoms with E-state index in [2.05, 4.69) is 36.8 Å². The van der Waals surface area contributed by atoms with Crippen molar-refractivity contribution in [3.8, 4) is 0 Å². The fourth-order valence-corrected chi connectivity index (χ4v) is 3.81. The summed E-state index contributed by atoms with van der Waals surface area (Å²) in [6, 6.07) is 6.32. The molecule has 110 valence electrons. The van der Waals surface area contributed by atoms with Gasteiger partial charge in [-0.1, -0.05) is 51.1 Å². The van der Waals surface area contributed by atoms with Crippen LogP contribution >= 0.6 is 31.9 Å². The Morgan fingerprint density at radius 2 is 2.00 bits per heavy atom. The van der Waals surface area contributed by atoms with Crippen molar-refractivity contribution in [2.24, 2.45) is 0 Å². The van der Waals surface area contributed by atoms with Gasteiger partial charge in [-0.15, -0.1) is 0 Å². The van der Waals surface area contributed by atoms with Crippen molar-refractivity contribution in [3.63, 3.8) is 0 Å². The van der Waals surface area contributed by atoms with Gasteiger partial charge in [0.1, 0.15) is 0 Å². The van der Waals surface area contributed by atoms with E-state index in [1.54, 1.807) is 0 Å². The highest BCUT2D eigenvalue weighted by Gasteiger charge is 2.26. The molecule has 0 spiro atoms. The van der Waals surface area contributed by atoms with E-state index in [4.69, 9.17) is 0 Å². The lowest BCUT2D eigenvalue weighted by Crippen LogP contribution is -2.42. The number of amides is 1. The fourth-order valence-electron chi connectivity index (χ4n) is 2.96. The molecule has 2 rings (SSSR count). The number of carbonyl (C=O) groups excluding carboxylic acids is 1. The summed E-state index contributed by atoms with van der Waals surface area (Å²) in [4.78, 5) is 14.9. The summed E-state index contributed by atoms with van der Waals surface area (Å²) in [5, 5.41) is 0.838. The van der Waals surface area contributed by atoms with Crippen LogP contribution in [0.5, 0.6) is 0 Å². The SMILES string of the molecule is Cc1cc(Br)ccc1C(=O)N(CCBr)C1CCCCC1. The highest BCUT2D eigenvalue weighted by Crippen LogP contribution is 2.25. The van der Waals surface area contributed by atoms with Crippen LogP contribution in [0.15, 0.2) is 22.7 Å². The summed E-state index contributed by atoms with van der Waals surface area (Å²) < 4.78 is 1.02. The number of rotatable bonds is 4. The second-order valence-electron chi connectivity index (χ2n) is 5.44. The Morgan fingerprint density at radius 1 is 1.30 bits per heavy atom. The summed E-state index contributed by atoms with van der Waals surface area (Å²) in [6.07, 6.45) is 6.10. The second kappa shape index (κ2) is 7.60. The average Bonchev–Trinajstić information content (AvgIpc) is 2.45. The van der Waals surface area contributed by atoms with Gasteiger partial charge in [0.25, 0.3) is 5.91 Å². The zero-order chi connectivity index (χ0) is 14.5.